The maximum Gasteiger partial charge on any atom is 0.337 e. The van der Waals surface area contributed by atoms with Gasteiger partial charge in [-0.3, -0.25) is 4.79 Å². The Bertz CT molecular complexity index is 1070. The summed E-state index contributed by atoms with van der Waals surface area (Å²) in [4.78, 5) is 26.2. The number of hydrazone groups is 1. The SMILES string of the molecule is COC(=O)c1ccc2c(c1)C(C)(C)/C(=C\CC/C(C)=N\N(C(C)=O)c1ccccc1)N2C. The molecule has 0 aliphatic carbocycles. The Kier molecular flexibility index (Phi) is 6.82. The van der Waals surface area contributed by atoms with Crippen molar-refractivity contribution in [2.24, 2.45) is 5.10 Å². The first-order chi connectivity index (χ1) is 15.2. The van der Waals surface area contributed by atoms with Gasteiger partial charge < -0.3 is 9.64 Å². The number of benzene rings is 2. The van der Waals surface area contributed by atoms with E-state index in [1.165, 1.54) is 24.7 Å². The van der Waals surface area contributed by atoms with Gasteiger partial charge in [-0.2, -0.15) is 5.10 Å². The largest absolute Gasteiger partial charge is 0.465 e. The normalized spacial score (nSPS) is 16.1. The fraction of sp³-hybridized carbons (Fsp3) is 0.346. The van der Waals surface area contributed by atoms with E-state index < -0.39 is 0 Å². The molecular weight excluding hydrogens is 402 g/mol. The zero-order chi connectivity index (χ0) is 23.5. The Morgan fingerprint density at radius 2 is 1.81 bits per heavy atom. The number of amides is 1. The van der Waals surface area contributed by atoms with Crippen LogP contribution >= 0.6 is 0 Å². The van der Waals surface area contributed by atoms with Crippen LogP contribution in [0.1, 0.15) is 56.5 Å². The molecule has 2 aromatic rings. The van der Waals surface area contributed by atoms with Gasteiger partial charge in [-0.1, -0.05) is 38.1 Å². The molecule has 2 aromatic carbocycles. The van der Waals surface area contributed by atoms with Gasteiger partial charge >= 0.3 is 5.97 Å². The van der Waals surface area contributed by atoms with E-state index in [1.807, 2.05) is 56.4 Å². The summed E-state index contributed by atoms with van der Waals surface area (Å²) in [5.41, 5.74) is 5.32. The lowest BCUT2D eigenvalue weighted by molar-refractivity contribution is -0.116. The van der Waals surface area contributed by atoms with Crippen molar-refractivity contribution < 1.29 is 14.3 Å². The summed E-state index contributed by atoms with van der Waals surface area (Å²) >= 11 is 0. The van der Waals surface area contributed by atoms with Crippen molar-refractivity contribution in [2.45, 2.75) is 46.0 Å². The lowest BCUT2D eigenvalue weighted by Crippen LogP contribution is -2.24. The number of nitrogens with zero attached hydrogens (tertiary/aromatic N) is 3. The molecule has 0 fully saturated rings. The summed E-state index contributed by atoms with van der Waals surface area (Å²) in [5.74, 6) is -0.452. The van der Waals surface area contributed by atoms with Crippen molar-refractivity contribution in [1.82, 2.24) is 0 Å². The van der Waals surface area contributed by atoms with Gasteiger partial charge in [0.2, 0.25) is 5.91 Å². The fourth-order valence-electron chi connectivity index (χ4n) is 4.17. The molecule has 0 unspecified atom stereocenters. The number of likely N-dealkylation sites (N-methyl/N-ethyl adjacent to an activating group) is 1. The number of anilines is 2. The van der Waals surface area contributed by atoms with Gasteiger partial charge in [0.05, 0.1) is 18.4 Å². The molecule has 6 nitrogen and oxygen atoms in total. The van der Waals surface area contributed by atoms with Crippen LogP contribution in [-0.2, 0) is 14.9 Å². The summed E-state index contributed by atoms with van der Waals surface area (Å²) in [7, 11) is 3.44. The van der Waals surface area contributed by atoms with E-state index in [0.29, 0.717) is 5.56 Å². The highest BCUT2D eigenvalue weighted by atomic mass is 16.5. The maximum atomic E-state index is 12.1. The van der Waals surface area contributed by atoms with Crippen LogP contribution in [-0.4, -0.2) is 31.7 Å². The van der Waals surface area contributed by atoms with Gasteiger partial charge in [-0.05, 0) is 55.7 Å². The number of rotatable bonds is 6. The van der Waals surface area contributed by atoms with Gasteiger partial charge in [0, 0.05) is 36.5 Å². The quantitative estimate of drug-likeness (QED) is 0.353. The maximum absolute atomic E-state index is 12.1. The predicted octanol–water partition coefficient (Wildman–Crippen LogP) is 5.29. The van der Waals surface area contributed by atoms with Crippen LogP contribution in [0.5, 0.6) is 0 Å². The van der Waals surface area contributed by atoms with Crippen molar-refractivity contribution in [3.8, 4) is 0 Å². The summed E-state index contributed by atoms with van der Waals surface area (Å²) in [6.07, 6.45) is 3.74. The average molecular weight is 434 g/mol. The molecule has 0 aromatic heterocycles. The average Bonchev–Trinajstić information content (AvgIpc) is 2.97. The standard InChI is InChI=1S/C26H31N3O3/c1-18(27-29(19(2)30)21-12-8-7-9-13-21)11-10-14-24-26(3,4)22-17-20(25(31)32-6)15-16-23(22)28(24)5/h7-9,12-17H,10-11H2,1-6H3/b24-14+,27-18-. The van der Waals surface area contributed by atoms with Crippen LogP contribution < -0.4 is 9.91 Å². The molecule has 1 amide bonds. The van der Waals surface area contributed by atoms with E-state index in [0.717, 1.165) is 35.5 Å². The number of methoxy groups -OCH3 is 1. The molecule has 1 aliphatic heterocycles. The number of para-hydroxylation sites is 1. The number of carbonyl (C=O) groups excluding carboxylic acids is 2. The third-order valence-electron chi connectivity index (χ3n) is 5.87. The van der Waals surface area contributed by atoms with Gasteiger partial charge in [0.1, 0.15) is 0 Å². The second kappa shape index (κ2) is 9.39. The Morgan fingerprint density at radius 3 is 2.44 bits per heavy atom. The van der Waals surface area contributed by atoms with Crippen LogP contribution in [0.25, 0.3) is 0 Å². The highest BCUT2D eigenvalue weighted by molar-refractivity contribution is 5.94. The first-order valence-corrected chi connectivity index (χ1v) is 10.7. The molecule has 6 heteroatoms. The molecule has 32 heavy (non-hydrogen) atoms. The molecule has 0 radical (unpaired) electrons. The van der Waals surface area contributed by atoms with Crippen molar-refractivity contribution in [3.05, 3.63) is 71.4 Å². The van der Waals surface area contributed by atoms with Gasteiger partial charge in [-0.15, -0.1) is 0 Å². The Balaban J connectivity index is 1.78. The van der Waals surface area contributed by atoms with Crippen molar-refractivity contribution in [1.29, 1.82) is 0 Å². The number of hydrogen-bond donors (Lipinski definition) is 0. The predicted molar refractivity (Wildman–Crippen MR) is 129 cm³/mol. The van der Waals surface area contributed by atoms with Crippen molar-refractivity contribution in [2.75, 3.05) is 24.1 Å². The van der Waals surface area contributed by atoms with Gasteiger partial charge in [0.15, 0.2) is 0 Å². The molecule has 1 heterocycles. The topological polar surface area (TPSA) is 62.2 Å². The minimum absolute atomic E-state index is 0.123. The van der Waals surface area contributed by atoms with Crippen molar-refractivity contribution >= 4 is 29.0 Å². The number of hydrogen-bond acceptors (Lipinski definition) is 5. The number of allylic oxidation sites excluding steroid dienone is 2. The van der Waals surface area contributed by atoms with Crippen LogP contribution in [0.3, 0.4) is 0 Å². The number of fused-ring (bicyclic) bond motifs is 1. The van der Waals surface area contributed by atoms with E-state index in [4.69, 9.17) is 4.74 Å². The van der Waals surface area contributed by atoms with E-state index in [9.17, 15) is 9.59 Å². The van der Waals surface area contributed by atoms with E-state index in [-0.39, 0.29) is 17.3 Å². The third-order valence-corrected chi connectivity index (χ3v) is 5.87. The molecule has 0 N–H and O–H groups in total. The number of ether oxygens (including phenoxy) is 1. The fourth-order valence-corrected chi connectivity index (χ4v) is 4.17. The summed E-state index contributed by atoms with van der Waals surface area (Å²) in [6, 6.07) is 15.1. The minimum Gasteiger partial charge on any atom is -0.465 e. The number of esters is 1. The van der Waals surface area contributed by atoms with Crippen LogP contribution in [0, 0.1) is 0 Å². The second-order valence-corrected chi connectivity index (χ2v) is 8.54. The lowest BCUT2D eigenvalue weighted by atomic mass is 9.82. The lowest BCUT2D eigenvalue weighted by Gasteiger charge is -2.24. The summed E-state index contributed by atoms with van der Waals surface area (Å²) < 4.78 is 4.88. The molecule has 0 saturated heterocycles. The minimum atomic E-state index is -0.330. The van der Waals surface area contributed by atoms with Crippen LogP contribution in [0.15, 0.2) is 65.4 Å². The van der Waals surface area contributed by atoms with E-state index in [1.54, 1.807) is 6.07 Å². The molecular formula is C26H31N3O3. The highest BCUT2D eigenvalue weighted by Crippen LogP contribution is 2.47. The zero-order valence-electron chi connectivity index (χ0n) is 19.7. The monoisotopic (exact) mass is 433 g/mol. The Labute approximate surface area is 190 Å². The van der Waals surface area contributed by atoms with Gasteiger partial charge in [-0.25, -0.2) is 9.80 Å². The molecule has 168 valence electrons. The number of carbonyl (C=O) groups is 2. The smallest absolute Gasteiger partial charge is 0.337 e. The van der Waals surface area contributed by atoms with Gasteiger partial charge in [0.25, 0.3) is 0 Å². The first-order valence-electron chi connectivity index (χ1n) is 10.7. The summed E-state index contributed by atoms with van der Waals surface area (Å²) in [5, 5.41) is 5.99. The molecule has 0 spiro atoms. The molecule has 1 aliphatic rings. The molecule has 3 rings (SSSR count). The van der Waals surface area contributed by atoms with Crippen LogP contribution in [0.2, 0.25) is 0 Å². The Morgan fingerprint density at radius 1 is 1.12 bits per heavy atom. The highest BCUT2D eigenvalue weighted by Gasteiger charge is 2.38. The zero-order valence-corrected chi connectivity index (χ0v) is 19.7. The van der Waals surface area contributed by atoms with E-state index in [2.05, 4.69) is 29.9 Å². The molecule has 0 bridgehead atoms. The van der Waals surface area contributed by atoms with E-state index >= 15 is 0 Å². The van der Waals surface area contributed by atoms with Crippen LogP contribution in [0.4, 0.5) is 11.4 Å². The van der Waals surface area contributed by atoms with Crippen molar-refractivity contribution in [3.63, 3.8) is 0 Å². The first kappa shape index (κ1) is 23.3. The Hall–Kier alpha value is -3.41. The molecule has 0 atom stereocenters. The molecule has 0 saturated carbocycles. The third kappa shape index (κ3) is 4.59. The summed E-state index contributed by atoms with van der Waals surface area (Å²) in [6.45, 7) is 7.78. The second-order valence-electron chi connectivity index (χ2n) is 8.54.